The van der Waals surface area contributed by atoms with Crippen molar-refractivity contribution in [1.82, 2.24) is 5.32 Å². The summed E-state index contributed by atoms with van der Waals surface area (Å²) in [7, 11) is 1.55. The zero-order valence-corrected chi connectivity index (χ0v) is 14.3. The summed E-state index contributed by atoms with van der Waals surface area (Å²) in [6.07, 6.45) is -3.98. The first-order chi connectivity index (χ1) is 11.7. The molecule has 0 aliphatic carbocycles. The maximum Gasteiger partial charge on any atom is 0.416 e. The third-order valence-electron chi connectivity index (χ3n) is 3.88. The molecule has 9 heteroatoms. The summed E-state index contributed by atoms with van der Waals surface area (Å²) in [5.41, 5.74) is -0.927. The van der Waals surface area contributed by atoms with Gasteiger partial charge in [-0.3, -0.25) is 9.59 Å². The quantitative estimate of drug-likeness (QED) is 0.774. The largest absolute Gasteiger partial charge is 0.416 e. The van der Waals surface area contributed by atoms with E-state index >= 15 is 0 Å². The van der Waals surface area contributed by atoms with E-state index in [1.165, 1.54) is 0 Å². The van der Waals surface area contributed by atoms with Crippen LogP contribution >= 0.6 is 11.6 Å². The molecule has 1 fully saturated rings. The molecule has 1 N–H and O–H groups in total. The first kappa shape index (κ1) is 19.5. The lowest BCUT2D eigenvalue weighted by atomic mass is 10.1. The van der Waals surface area contributed by atoms with E-state index in [9.17, 15) is 22.8 Å². The third kappa shape index (κ3) is 4.85. The van der Waals surface area contributed by atoms with Gasteiger partial charge in [-0.2, -0.15) is 13.2 Å². The summed E-state index contributed by atoms with van der Waals surface area (Å²) in [5, 5.41) is 2.72. The van der Waals surface area contributed by atoms with Crippen LogP contribution in [0.1, 0.15) is 18.4 Å². The highest BCUT2D eigenvalue weighted by Gasteiger charge is 2.37. The van der Waals surface area contributed by atoms with Gasteiger partial charge in [-0.15, -0.1) is 0 Å². The van der Waals surface area contributed by atoms with Crippen LogP contribution in [0, 0.1) is 5.92 Å². The lowest BCUT2D eigenvalue weighted by molar-refractivity contribution is -0.137. The van der Waals surface area contributed by atoms with Crippen LogP contribution in [0.15, 0.2) is 18.2 Å². The van der Waals surface area contributed by atoms with Crippen LogP contribution in [0.3, 0.4) is 0 Å². The van der Waals surface area contributed by atoms with Crippen molar-refractivity contribution in [3.8, 4) is 0 Å². The molecule has 0 spiro atoms. The van der Waals surface area contributed by atoms with Crippen LogP contribution in [0.25, 0.3) is 0 Å². The van der Waals surface area contributed by atoms with E-state index < -0.39 is 23.6 Å². The van der Waals surface area contributed by atoms with E-state index in [1.54, 1.807) is 7.11 Å². The number of methoxy groups -OCH3 is 1. The number of hydrogen-bond donors (Lipinski definition) is 1. The Kier molecular flexibility index (Phi) is 6.29. The fourth-order valence-corrected chi connectivity index (χ4v) is 2.80. The Morgan fingerprint density at radius 2 is 2.16 bits per heavy atom. The maximum atomic E-state index is 12.9. The summed E-state index contributed by atoms with van der Waals surface area (Å²) in [4.78, 5) is 25.4. The van der Waals surface area contributed by atoms with Gasteiger partial charge in [-0.1, -0.05) is 11.6 Å². The number of rotatable bonds is 6. The van der Waals surface area contributed by atoms with E-state index in [4.69, 9.17) is 16.3 Å². The second-order valence-corrected chi connectivity index (χ2v) is 6.11. The van der Waals surface area contributed by atoms with Gasteiger partial charge in [0.05, 0.1) is 22.2 Å². The predicted octanol–water partition coefficient (Wildman–Crippen LogP) is 2.86. The second-order valence-electron chi connectivity index (χ2n) is 5.71. The number of alkyl halides is 3. The van der Waals surface area contributed by atoms with Gasteiger partial charge in [0.25, 0.3) is 0 Å². The van der Waals surface area contributed by atoms with E-state index in [0.29, 0.717) is 19.6 Å². The topological polar surface area (TPSA) is 58.6 Å². The Bertz CT molecular complexity index is 652. The van der Waals surface area contributed by atoms with Crippen LogP contribution in [-0.2, 0) is 20.5 Å². The van der Waals surface area contributed by atoms with Crippen molar-refractivity contribution in [1.29, 1.82) is 0 Å². The van der Waals surface area contributed by atoms with Crippen LogP contribution in [0.2, 0.25) is 5.02 Å². The molecule has 0 saturated carbocycles. The molecule has 1 heterocycles. The van der Waals surface area contributed by atoms with Crippen molar-refractivity contribution in [3.05, 3.63) is 28.8 Å². The van der Waals surface area contributed by atoms with E-state index in [2.05, 4.69) is 5.32 Å². The zero-order valence-electron chi connectivity index (χ0n) is 13.5. The molecule has 1 aliphatic heterocycles. The Labute approximate surface area is 148 Å². The molecular weight excluding hydrogens is 361 g/mol. The summed E-state index contributed by atoms with van der Waals surface area (Å²) in [6, 6.07) is 2.79. The molecule has 1 aromatic rings. The fourth-order valence-electron chi connectivity index (χ4n) is 2.58. The lowest BCUT2D eigenvalue weighted by Gasteiger charge is -2.20. The molecule has 1 aromatic carbocycles. The predicted molar refractivity (Wildman–Crippen MR) is 86.4 cm³/mol. The number of ether oxygens (including phenoxy) is 1. The molecule has 0 aromatic heterocycles. The van der Waals surface area contributed by atoms with Gasteiger partial charge in [0.15, 0.2) is 0 Å². The van der Waals surface area contributed by atoms with Crippen molar-refractivity contribution in [2.24, 2.45) is 5.92 Å². The average molecular weight is 379 g/mol. The average Bonchev–Trinajstić information content (AvgIpc) is 2.92. The van der Waals surface area contributed by atoms with E-state index in [1.807, 2.05) is 0 Å². The number of carbonyl (C=O) groups is 2. The molecule has 138 valence electrons. The highest BCUT2D eigenvalue weighted by atomic mass is 35.5. The lowest BCUT2D eigenvalue weighted by Crippen LogP contribution is -2.34. The monoisotopic (exact) mass is 378 g/mol. The van der Waals surface area contributed by atoms with Crippen LogP contribution in [-0.4, -0.2) is 38.6 Å². The van der Waals surface area contributed by atoms with Crippen LogP contribution in [0.5, 0.6) is 0 Å². The summed E-state index contributed by atoms with van der Waals surface area (Å²) in [6.45, 7) is 0.896. The number of amides is 2. The van der Waals surface area contributed by atoms with Gasteiger partial charge in [0, 0.05) is 33.2 Å². The highest BCUT2D eigenvalue weighted by molar-refractivity contribution is 6.34. The second kappa shape index (κ2) is 8.05. The number of halogens is 4. The Hall–Kier alpha value is -1.80. The summed E-state index contributed by atoms with van der Waals surface area (Å²) in [5.74, 6) is -1.37. The molecule has 2 amide bonds. The van der Waals surface area contributed by atoms with Gasteiger partial charge in [-0.25, -0.2) is 0 Å². The molecule has 1 saturated heterocycles. The molecule has 1 atom stereocenters. The number of benzene rings is 1. The van der Waals surface area contributed by atoms with Crippen molar-refractivity contribution in [3.63, 3.8) is 0 Å². The van der Waals surface area contributed by atoms with Gasteiger partial charge >= 0.3 is 6.18 Å². The molecule has 2 rings (SSSR count). The van der Waals surface area contributed by atoms with Crippen LogP contribution in [0.4, 0.5) is 18.9 Å². The first-order valence-corrected chi connectivity index (χ1v) is 8.05. The van der Waals surface area contributed by atoms with Gasteiger partial charge in [-0.05, 0) is 24.6 Å². The van der Waals surface area contributed by atoms with E-state index in [-0.39, 0.29) is 29.6 Å². The Morgan fingerprint density at radius 3 is 2.80 bits per heavy atom. The minimum atomic E-state index is -4.54. The Morgan fingerprint density at radius 1 is 1.44 bits per heavy atom. The van der Waals surface area contributed by atoms with Gasteiger partial charge < -0.3 is 15.0 Å². The van der Waals surface area contributed by atoms with Gasteiger partial charge in [0.2, 0.25) is 11.8 Å². The van der Waals surface area contributed by atoms with Crippen LogP contribution < -0.4 is 10.2 Å². The fraction of sp³-hybridized carbons (Fsp3) is 0.500. The molecule has 0 radical (unpaired) electrons. The molecular formula is C16H18ClF3N2O3. The van der Waals surface area contributed by atoms with E-state index in [0.717, 1.165) is 23.1 Å². The smallest absolute Gasteiger partial charge is 0.385 e. The van der Waals surface area contributed by atoms with Crippen molar-refractivity contribution >= 4 is 29.1 Å². The van der Waals surface area contributed by atoms with Crippen molar-refractivity contribution in [2.75, 3.05) is 31.7 Å². The third-order valence-corrected chi connectivity index (χ3v) is 4.20. The first-order valence-electron chi connectivity index (χ1n) is 7.67. The summed E-state index contributed by atoms with van der Waals surface area (Å²) >= 11 is 5.96. The van der Waals surface area contributed by atoms with Crippen molar-refractivity contribution in [2.45, 2.75) is 19.0 Å². The van der Waals surface area contributed by atoms with Crippen molar-refractivity contribution < 1.29 is 27.5 Å². The molecule has 0 bridgehead atoms. The molecule has 5 nitrogen and oxygen atoms in total. The maximum absolute atomic E-state index is 12.9. The zero-order chi connectivity index (χ0) is 18.6. The molecule has 25 heavy (non-hydrogen) atoms. The number of hydrogen-bond acceptors (Lipinski definition) is 3. The standard InChI is InChI=1S/C16H18ClF3N2O3/c1-25-6-2-5-21-15(24)10-7-14(23)22(9-10)13-8-11(16(18,19)20)3-4-12(13)17/h3-4,8,10H,2,5-7,9H2,1H3,(H,21,24). The number of carbonyl (C=O) groups excluding carboxylic acids is 2. The number of anilines is 1. The SMILES string of the molecule is COCCCNC(=O)C1CC(=O)N(c2cc(C(F)(F)F)ccc2Cl)C1. The number of nitrogens with one attached hydrogen (secondary N) is 1. The summed E-state index contributed by atoms with van der Waals surface area (Å²) < 4.78 is 43.5. The minimum Gasteiger partial charge on any atom is -0.385 e. The minimum absolute atomic E-state index is 0.00399. The highest BCUT2D eigenvalue weighted by Crippen LogP contribution is 2.37. The molecule has 1 unspecified atom stereocenters. The Balaban J connectivity index is 2.09. The molecule has 1 aliphatic rings. The number of nitrogens with zero attached hydrogens (tertiary/aromatic N) is 1. The normalized spacial score (nSPS) is 17.9. The van der Waals surface area contributed by atoms with Gasteiger partial charge in [0.1, 0.15) is 0 Å².